The van der Waals surface area contributed by atoms with E-state index in [1.165, 1.54) is 10.9 Å². The first kappa shape index (κ1) is 17.7. The molecule has 0 atom stereocenters. The summed E-state index contributed by atoms with van der Waals surface area (Å²) in [6, 6.07) is 16.2. The molecule has 0 aliphatic rings. The third-order valence-corrected chi connectivity index (χ3v) is 5.25. The Morgan fingerprint density at radius 1 is 1.19 bits per heavy atom. The van der Waals surface area contributed by atoms with Gasteiger partial charge in [0.1, 0.15) is 12.4 Å². The number of imidazole rings is 1. The van der Waals surface area contributed by atoms with Gasteiger partial charge in [0.25, 0.3) is 0 Å². The minimum absolute atomic E-state index is 0.0142. The minimum atomic E-state index is 0.0142. The molecular weight excluding hydrogens is 356 g/mol. The van der Waals surface area contributed by atoms with Crippen LogP contribution in [0.3, 0.4) is 0 Å². The molecule has 4 rings (SSSR count). The molecule has 0 radical (unpaired) electrons. The maximum Gasteiger partial charge on any atom is 0.240 e. The number of fused-ring (bicyclic) bond motifs is 2. The van der Waals surface area contributed by atoms with Crippen LogP contribution in [0.15, 0.2) is 54.7 Å². The topological polar surface area (TPSA) is 62.7 Å². The standard InChI is InChI=1S/C21H22N4OS/c1-27-14-20-24-18-8-4-5-9-19(18)25(20)13-21(26)22-11-10-15-12-23-17-7-3-2-6-16(15)17/h2-9,12,23H,10-11,13-14H2,1H3,(H,22,26). The minimum Gasteiger partial charge on any atom is -0.361 e. The monoisotopic (exact) mass is 378 g/mol. The van der Waals surface area contributed by atoms with Gasteiger partial charge in [0.15, 0.2) is 0 Å². The van der Waals surface area contributed by atoms with Crippen LogP contribution < -0.4 is 5.32 Å². The van der Waals surface area contributed by atoms with Crippen molar-refractivity contribution >= 4 is 39.6 Å². The number of carbonyl (C=O) groups is 1. The Bertz CT molecular complexity index is 1080. The van der Waals surface area contributed by atoms with E-state index in [-0.39, 0.29) is 5.91 Å². The van der Waals surface area contributed by atoms with Gasteiger partial charge in [-0.15, -0.1) is 0 Å². The molecule has 138 valence electrons. The van der Waals surface area contributed by atoms with Crippen molar-refractivity contribution in [2.75, 3.05) is 12.8 Å². The van der Waals surface area contributed by atoms with Crippen molar-refractivity contribution in [2.24, 2.45) is 0 Å². The van der Waals surface area contributed by atoms with Gasteiger partial charge in [-0.2, -0.15) is 11.8 Å². The first-order valence-corrected chi connectivity index (χ1v) is 10.4. The van der Waals surface area contributed by atoms with Crippen molar-refractivity contribution in [3.05, 3.63) is 66.1 Å². The van der Waals surface area contributed by atoms with Crippen LogP contribution in [0.25, 0.3) is 21.9 Å². The summed E-state index contributed by atoms with van der Waals surface area (Å²) in [4.78, 5) is 20.5. The number of benzene rings is 2. The van der Waals surface area contributed by atoms with Crippen LogP contribution in [0.2, 0.25) is 0 Å². The molecule has 2 N–H and O–H groups in total. The van der Waals surface area contributed by atoms with Crippen LogP contribution in [0.5, 0.6) is 0 Å². The Morgan fingerprint density at radius 2 is 2.00 bits per heavy atom. The van der Waals surface area contributed by atoms with E-state index in [1.807, 2.05) is 53.4 Å². The highest BCUT2D eigenvalue weighted by atomic mass is 32.2. The van der Waals surface area contributed by atoms with Gasteiger partial charge in [-0.3, -0.25) is 4.79 Å². The van der Waals surface area contributed by atoms with Gasteiger partial charge in [-0.1, -0.05) is 30.3 Å². The molecule has 0 saturated heterocycles. The number of thioether (sulfide) groups is 1. The second kappa shape index (κ2) is 7.88. The van der Waals surface area contributed by atoms with E-state index >= 15 is 0 Å². The van der Waals surface area contributed by atoms with E-state index in [1.54, 1.807) is 11.8 Å². The summed E-state index contributed by atoms with van der Waals surface area (Å²) >= 11 is 1.71. The van der Waals surface area contributed by atoms with E-state index in [0.717, 1.165) is 34.5 Å². The number of hydrogen-bond donors (Lipinski definition) is 2. The number of para-hydroxylation sites is 3. The molecule has 2 heterocycles. The van der Waals surface area contributed by atoms with Crippen molar-refractivity contribution in [3.63, 3.8) is 0 Å². The SMILES string of the molecule is CSCc1nc2ccccc2n1CC(=O)NCCc1c[nH]c2ccccc12. The predicted molar refractivity (Wildman–Crippen MR) is 112 cm³/mol. The number of H-pyrrole nitrogens is 1. The lowest BCUT2D eigenvalue weighted by atomic mass is 10.1. The number of nitrogens with zero attached hydrogens (tertiary/aromatic N) is 2. The maximum atomic E-state index is 12.5. The highest BCUT2D eigenvalue weighted by molar-refractivity contribution is 7.97. The van der Waals surface area contributed by atoms with Gasteiger partial charge in [0, 0.05) is 23.6 Å². The van der Waals surface area contributed by atoms with Crippen molar-refractivity contribution in [1.29, 1.82) is 0 Å². The van der Waals surface area contributed by atoms with Crippen molar-refractivity contribution < 1.29 is 4.79 Å². The van der Waals surface area contributed by atoms with Crippen LogP contribution in [0, 0.1) is 0 Å². The molecule has 4 aromatic rings. The van der Waals surface area contributed by atoms with Crippen LogP contribution in [0.4, 0.5) is 0 Å². The summed E-state index contributed by atoms with van der Waals surface area (Å²) in [6.07, 6.45) is 4.87. The van der Waals surface area contributed by atoms with Crippen molar-refractivity contribution in [3.8, 4) is 0 Å². The van der Waals surface area contributed by atoms with Gasteiger partial charge in [0.05, 0.1) is 16.8 Å². The molecule has 27 heavy (non-hydrogen) atoms. The quantitative estimate of drug-likeness (QED) is 0.515. The number of carbonyl (C=O) groups excluding carboxylic acids is 1. The fourth-order valence-corrected chi connectivity index (χ4v) is 3.89. The summed E-state index contributed by atoms with van der Waals surface area (Å²) in [5, 5.41) is 4.27. The molecule has 0 saturated carbocycles. The third-order valence-electron chi connectivity index (χ3n) is 4.70. The lowest BCUT2D eigenvalue weighted by molar-refractivity contribution is -0.121. The molecule has 1 amide bonds. The first-order valence-electron chi connectivity index (χ1n) is 9.01. The van der Waals surface area contributed by atoms with E-state index in [0.29, 0.717) is 13.1 Å². The van der Waals surface area contributed by atoms with E-state index in [9.17, 15) is 4.79 Å². The Balaban J connectivity index is 1.42. The summed E-state index contributed by atoms with van der Waals surface area (Å²) < 4.78 is 2.02. The molecule has 0 fully saturated rings. The summed E-state index contributed by atoms with van der Waals surface area (Å²) in [5.74, 6) is 1.74. The molecule has 5 nitrogen and oxygen atoms in total. The van der Waals surface area contributed by atoms with Gasteiger partial charge in [0.2, 0.25) is 5.91 Å². The van der Waals surface area contributed by atoms with Crippen LogP contribution >= 0.6 is 11.8 Å². The average Bonchev–Trinajstić information content (AvgIpc) is 3.24. The van der Waals surface area contributed by atoms with E-state index < -0.39 is 0 Å². The Labute approximate surface area is 162 Å². The number of aromatic amines is 1. The predicted octanol–water partition coefficient (Wildman–Crippen LogP) is 3.74. The highest BCUT2D eigenvalue weighted by Crippen LogP contribution is 2.19. The molecule has 0 aliphatic heterocycles. The van der Waals surface area contributed by atoms with Gasteiger partial charge in [-0.05, 0) is 36.4 Å². The highest BCUT2D eigenvalue weighted by Gasteiger charge is 2.13. The number of amides is 1. The smallest absolute Gasteiger partial charge is 0.240 e. The molecule has 2 aromatic carbocycles. The molecule has 0 spiro atoms. The Hall–Kier alpha value is -2.73. The molecule has 6 heteroatoms. The van der Waals surface area contributed by atoms with Crippen LogP contribution in [0.1, 0.15) is 11.4 Å². The zero-order chi connectivity index (χ0) is 18.6. The number of hydrogen-bond acceptors (Lipinski definition) is 3. The van der Waals surface area contributed by atoms with E-state index in [2.05, 4.69) is 27.4 Å². The lowest BCUT2D eigenvalue weighted by Gasteiger charge is -2.09. The second-order valence-electron chi connectivity index (χ2n) is 6.50. The van der Waals surface area contributed by atoms with Gasteiger partial charge < -0.3 is 14.9 Å². The fourth-order valence-electron chi connectivity index (χ4n) is 3.42. The van der Waals surface area contributed by atoms with Gasteiger partial charge >= 0.3 is 0 Å². The fraction of sp³-hybridized carbons (Fsp3) is 0.238. The molecule has 0 bridgehead atoms. The molecule has 0 unspecified atom stereocenters. The number of rotatable bonds is 7. The zero-order valence-corrected chi connectivity index (χ0v) is 16.1. The van der Waals surface area contributed by atoms with Crippen LogP contribution in [-0.2, 0) is 23.5 Å². The lowest BCUT2D eigenvalue weighted by Crippen LogP contribution is -2.29. The van der Waals surface area contributed by atoms with Gasteiger partial charge in [-0.25, -0.2) is 4.98 Å². The van der Waals surface area contributed by atoms with E-state index in [4.69, 9.17) is 0 Å². The van der Waals surface area contributed by atoms with Crippen molar-refractivity contribution in [1.82, 2.24) is 19.9 Å². The Morgan fingerprint density at radius 3 is 2.89 bits per heavy atom. The molecular formula is C21H22N4OS. The average molecular weight is 379 g/mol. The third kappa shape index (κ3) is 3.71. The van der Waals surface area contributed by atoms with Crippen molar-refractivity contribution in [2.45, 2.75) is 18.7 Å². The normalized spacial score (nSPS) is 11.3. The Kier molecular flexibility index (Phi) is 5.16. The molecule has 2 aromatic heterocycles. The largest absolute Gasteiger partial charge is 0.361 e. The van der Waals surface area contributed by atoms with Crippen LogP contribution in [-0.4, -0.2) is 33.2 Å². The molecule has 0 aliphatic carbocycles. The maximum absolute atomic E-state index is 12.5. The summed E-state index contributed by atoms with van der Waals surface area (Å²) in [7, 11) is 0. The zero-order valence-electron chi connectivity index (χ0n) is 15.2. The second-order valence-corrected chi connectivity index (χ2v) is 7.36. The number of aromatic nitrogens is 3. The number of nitrogens with one attached hydrogen (secondary N) is 2. The first-order chi connectivity index (χ1) is 13.3. The summed E-state index contributed by atoms with van der Waals surface area (Å²) in [6.45, 7) is 0.912. The summed E-state index contributed by atoms with van der Waals surface area (Å²) in [5.41, 5.74) is 4.30.